The molecule has 4 aliphatic rings. The van der Waals surface area contributed by atoms with Crippen LogP contribution >= 0.6 is 46.7 Å². The van der Waals surface area contributed by atoms with Gasteiger partial charge in [-0.05, 0) is 6.92 Å². The number of hydrogen-bond acceptors (Lipinski definition) is 40. The third kappa shape index (κ3) is 34.8. The highest BCUT2D eigenvalue weighted by Gasteiger charge is 2.48. The van der Waals surface area contributed by atoms with E-state index in [1.54, 1.807) is 6.92 Å². The molecule has 0 saturated carbocycles. The zero-order valence-corrected chi connectivity index (χ0v) is 62.1. The Morgan fingerprint density at radius 2 is 0.845 bits per heavy atom. The first-order valence-corrected chi connectivity index (χ1v) is 40.8. The van der Waals surface area contributed by atoms with Crippen molar-refractivity contribution >= 4 is 52.6 Å². The Morgan fingerprint density at radius 3 is 1.24 bits per heavy atom. The molecule has 4 aliphatic heterocycles. The summed E-state index contributed by atoms with van der Waals surface area (Å²) in [7, 11) is -28.3. The Morgan fingerprint density at radius 1 is 0.466 bits per heavy atom. The quantitative estimate of drug-likeness (QED) is 0.0158. The maximum absolute atomic E-state index is 13.6. The second kappa shape index (κ2) is 45.7. The Balaban J connectivity index is 1.46. The van der Waals surface area contributed by atoms with Crippen LogP contribution in [0.15, 0.2) is 0 Å². The lowest BCUT2D eigenvalue weighted by Gasteiger charge is -2.42. The summed E-state index contributed by atoms with van der Waals surface area (Å²) in [4.78, 5) is 74.3. The van der Waals surface area contributed by atoms with Crippen molar-refractivity contribution in [3.8, 4) is 0 Å². The van der Waals surface area contributed by atoms with Crippen molar-refractivity contribution in [1.82, 2.24) is 5.32 Å². The van der Waals surface area contributed by atoms with E-state index in [-0.39, 0.29) is 26.2 Å². The Bertz CT molecular complexity index is 2660. The highest BCUT2D eigenvalue weighted by Crippen LogP contribution is 2.50. The smallest absolute Gasteiger partial charge is 0.394 e. The predicted molar refractivity (Wildman–Crippen MR) is 333 cm³/mol. The number of phosphoric ester groups is 5. The van der Waals surface area contributed by atoms with Gasteiger partial charge < -0.3 is 147 Å². The van der Waals surface area contributed by atoms with Crippen LogP contribution in [-0.2, 0) is 144 Å². The summed E-state index contributed by atoms with van der Waals surface area (Å²) in [6, 6.07) is -1.40. The molecule has 47 nitrogen and oxygen atoms in total. The number of ether oxygens (including phenoxy) is 13. The fraction of sp³-hybridized carbons (Fsp3) is 0.980. The van der Waals surface area contributed by atoms with Crippen LogP contribution in [0.1, 0.15) is 34.1 Å². The van der Waals surface area contributed by atoms with Gasteiger partial charge in [-0.25, -0.2) is 22.8 Å². The number of carbonyl (C=O) groups is 1. The molecule has 4 saturated heterocycles. The molecule has 4 fully saturated rings. The standard InChI is InChI=1S/C50H99NO46P6/c1-30-13-35(39(93-30)20-86-98(6,62)63)97-103(72,73)92-26-76-19-34(17-74-5)18-75-25-88-102(70,71)87-24-50(21-77-27-89-99(64,65)83-10-7-80-47-31(2)41(56)43(58)36(14-52)94-47,22-78-28-90-100(66,67)84-11-8-81-48-32(3)42(57)44(59)37(15-53)95-48)23-79-29-91-101(68,69)85-12-9-82-49-40(51-33(4)55)46(61)45(60)38(16-54)96-49/h30-32,34-49,52-54,56-61H,7-29H2,1-6H3,(H,51,55)(H,62,63)(H,64,65)(H,66,67)(H,68,69)(H,70,71)(H,72,73)/t30-,31?,32?,34?,35-,36?,37?,38?,39+,40?,41+,42+,43-,44-,45-,46+,47+,48+,49+,50?/m0/s1. The Kier molecular flexibility index (Phi) is 42.0. The number of phosphoric acid groups is 5. The van der Waals surface area contributed by atoms with E-state index in [1.807, 2.05) is 0 Å². The van der Waals surface area contributed by atoms with Crippen LogP contribution in [0.4, 0.5) is 0 Å². The van der Waals surface area contributed by atoms with E-state index in [4.69, 9.17) is 111 Å². The van der Waals surface area contributed by atoms with E-state index in [1.165, 1.54) is 21.0 Å². The summed E-state index contributed by atoms with van der Waals surface area (Å²) >= 11 is 0. The highest BCUT2D eigenvalue weighted by molar-refractivity contribution is 7.52. The fourth-order valence-electron chi connectivity index (χ4n) is 9.70. The van der Waals surface area contributed by atoms with Crippen LogP contribution in [0.3, 0.4) is 0 Å². The molecule has 4 heterocycles. The van der Waals surface area contributed by atoms with E-state index >= 15 is 0 Å². The molecule has 103 heavy (non-hydrogen) atoms. The fourth-order valence-corrected chi connectivity index (χ4v) is 13.4. The van der Waals surface area contributed by atoms with Crippen LogP contribution in [0.2, 0.25) is 0 Å². The largest absolute Gasteiger partial charge is 0.474 e. The molecule has 53 heteroatoms. The molecule has 0 radical (unpaired) electrons. The predicted octanol–water partition coefficient (Wildman–Crippen LogP) is -3.70. The molecule has 4 rings (SSSR count). The number of rotatable bonds is 54. The average molecular weight is 1640 g/mol. The molecular formula is C50H99NO46P6. The summed E-state index contributed by atoms with van der Waals surface area (Å²) in [5.74, 6) is -3.14. The van der Waals surface area contributed by atoms with Gasteiger partial charge in [0, 0.05) is 44.9 Å². The van der Waals surface area contributed by atoms with Crippen LogP contribution < -0.4 is 5.32 Å². The van der Waals surface area contributed by atoms with E-state index in [2.05, 4.69) is 5.32 Å². The zero-order chi connectivity index (χ0) is 77.0. The van der Waals surface area contributed by atoms with Crippen molar-refractivity contribution in [2.75, 3.05) is 160 Å². The van der Waals surface area contributed by atoms with Crippen molar-refractivity contribution < 1.29 is 219 Å². The van der Waals surface area contributed by atoms with Gasteiger partial charge >= 0.3 is 46.7 Å². The molecule has 0 aromatic carbocycles. The summed E-state index contributed by atoms with van der Waals surface area (Å²) in [6.07, 6.45) is -19.4. The molecule has 0 aliphatic carbocycles. The lowest BCUT2D eigenvalue weighted by molar-refractivity contribution is -0.283. The number of nitrogens with one attached hydrogen (secondary N) is 1. The second-order valence-electron chi connectivity index (χ2n) is 23.6. The zero-order valence-electron chi connectivity index (χ0n) is 56.8. The number of methoxy groups -OCH3 is 1. The topological polar surface area (TPSA) is 656 Å². The third-order valence-electron chi connectivity index (χ3n) is 15.0. The minimum atomic E-state index is -5.37. The first-order valence-electron chi connectivity index (χ1n) is 31.3. The van der Waals surface area contributed by atoms with Crippen LogP contribution in [0.5, 0.6) is 0 Å². The maximum atomic E-state index is 13.6. The first kappa shape index (κ1) is 94.7. The summed E-state index contributed by atoms with van der Waals surface area (Å²) in [5, 5.41) is 92.8. The Labute approximate surface area is 590 Å². The summed E-state index contributed by atoms with van der Waals surface area (Å²) in [6.45, 7) is -10.2. The lowest BCUT2D eigenvalue weighted by atomic mass is 9.92. The summed E-state index contributed by atoms with van der Waals surface area (Å²) < 4.78 is 203. The monoisotopic (exact) mass is 1640 g/mol. The van der Waals surface area contributed by atoms with Crippen molar-refractivity contribution in [2.45, 2.75) is 132 Å². The van der Waals surface area contributed by atoms with Gasteiger partial charge in [0.25, 0.3) is 0 Å². The molecule has 16 N–H and O–H groups in total. The van der Waals surface area contributed by atoms with Crippen molar-refractivity contribution in [3.05, 3.63) is 0 Å². The number of hydrogen-bond donors (Lipinski definition) is 16. The van der Waals surface area contributed by atoms with E-state index in [0.717, 1.165) is 13.6 Å². The second-order valence-corrected chi connectivity index (χ2v) is 32.7. The number of carbonyl (C=O) groups excluding carboxylic acids is 1. The average Bonchev–Trinajstić information content (AvgIpc) is 1.60. The normalized spacial score (nSPS) is 33.0. The van der Waals surface area contributed by atoms with Gasteiger partial charge in [0.05, 0.1) is 136 Å². The number of aliphatic hydroxyl groups excluding tert-OH is 9. The van der Waals surface area contributed by atoms with E-state index < -0.39 is 300 Å². The van der Waals surface area contributed by atoms with Gasteiger partial charge in [0.2, 0.25) is 5.91 Å². The molecule has 13 unspecified atom stereocenters. The molecule has 610 valence electrons. The molecule has 1 amide bonds. The minimum Gasteiger partial charge on any atom is -0.394 e. The molecule has 0 aromatic rings. The highest BCUT2D eigenvalue weighted by atomic mass is 31.2. The maximum Gasteiger partial charge on any atom is 0.474 e. The summed E-state index contributed by atoms with van der Waals surface area (Å²) in [5.41, 5.74) is -2.15. The Hall–Kier alpha value is -0.710. The van der Waals surface area contributed by atoms with Crippen molar-refractivity contribution in [1.29, 1.82) is 0 Å². The van der Waals surface area contributed by atoms with Gasteiger partial charge in [-0.1, -0.05) is 13.8 Å². The lowest BCUT2D eigenvalue weighted by Crippen LogP contribution is -2.64. The van der Waals surface area contributed by atoms with E-state index in [0.29, 0.717) is 0 Å². The minimum absolute atomic E-state index is 0.0949. The first-order chi connectivity index (χ1) is 48.2. The number of amides is 1. The van der Waals surface area contributed by atoms with Gasteiger partial charge in [-0.2, -0.15) is 0 Å². The van der Waals surface area contributed by atoms with Crippen LogP contribution in [0, 0.1) is 23.2 Å². The van der Waals surface area contributed by atoms with Gasteiger partial charge in [0.15, 0.2) is 52.8 Å². The van der Waals surface area contributed by atoms with Gasteiger partial charge in [-0.15, -0.1) is 0 Å². The molecule has 25 atom stereocenters. The molecular weight excluding hydrogens is 1540 g/mol. The van der Waals surface area contributed by atoms with E-state index in [9.17, 15) is 108 Å². The number of aliphatic hydroxyl groups is 9. The van der Waals surface area contributed by atoms with Crippen LogP contribution in [-0.4, -0.2) is 339 Å². The van der Waals surface area contributed by atoms with Gasteiger partial charge in [-0.3, -0.25) is 54.6 Å². The third-order valence-corrected chi connectivity index (χ3v) is 20.3. The van der Waals surface area contributed by atoms with Gasteiger partial charge in [0.1, 0.15) is 61.0 Å². The molecule has 0 spiro atoms. The van der Waals surface area contributed by atoms with Crippen LogP contribution in [0.25, 0.3) is 0 Å². The van der Waals surface area contributed by atoms with Crippen molar-refractivity contribution in [3.63, 3.8) is 0 Å². The van der Waals surface area contributed by atoms with Crippen molar-refractivity contribution in [2.24, 2.45) is 23.2 Å². The SMILES string of the molecule is COCC(COCOP(=O)(O)OCC(COCOP(=O)(O)OCCO[C@@H]1OC(CO)[C@H](O)[C@H](O)C1C)(COCOP(=O)(O)OCCO[C@@H]1OC(CO)[C@H](O)[C@H](O)C1C)COCOP(=O)(O)OCCO[C@@H]1OC(CO)[C@H](O)[C@H](O)C1NC(C)=O)COCOP(=O)(O)O[C@H]1C[C@H](C)O[C@@H]1COP(C)(=O)O. The molecule has 0 bridgehead atoms. The molecule has 0 aromatic heterocycles.